The molecule has 2 unspecified atom stereocenters. The van der Waals surface area contributed by atoms with Gasteiger partial charge in [-0.05, 0) is 52.2 Å². The number of piperidine rings is 1. The third-order valence-corrected chi connectivity index (χ3v) is 2.58. The van der Waals surface area contributed by atoms with Crippen molar-refractivity contribution in [2.24, 2.45) is 5.92 Å². The molecule has 2 atom stereocenters. The lowest BCUT2D eigenvalue weighted by molar-refractivity contribution is 0.327. The summed E-state index contributed by atoms with van der Waals surface area (Å²) in [4.78, 5) is 0. The van der Waals surface area contributed by atoms with Crippen LogP contribution in [-0.2, 0) is 0 Å². The molecule has 0 saturated carbocycles. The standard InChI is InChI=1S/C9H20N2/c1-8(10-2)6-9-4-3-5-11-7-9/h8-11H,3-7H2,1-2H3. The van der Waals surface area contributed by atoms with Crippen LogP contribution >= 0.6 is 0 Å². The van der Waals surface area contributed by atoms with Gasteiger partial charge in [-0.1, -0.05) is 0 Å². The van der Waals surface area contributed by atoms with Crippen LogP contribution in [0.1, 0.15) is 26.2 Å². The first-order chi connectivity index (χ1) is 5.33. The fourth-order valence-corrected chi connectivity index (χ4v) is 1.74. The number of rotatable bonds is 3. The summed E-state index contributed by atoms with van der Waals surface area (Å²) in [5, 5.41) is 6.72. The number of hydrogen-bond donors (Lipinski definition) is 2. The van der Waals surface area contributed by atoms with Gasteiger partial charge in [-0.25, -0.2) is 0 Å². The van der Waals surface area contributed by atoms with E-state index in [-0.39, 0.29) is 0 Å². The number of nitrogens with one attached hydrogen (secondary N) is 2. The van der Waals surface area contributed by atoms with Gasteiger partial charge in [-0.3, -0.25) is 0 Å². The lowest BCUT2D eigenvalue weighted by Crippen LogP contribution is -2.34. The Hall–Kier alpha value is -0.0800. The van der Waals surface area contributed by atoms with E-state index in [9.17, 15) is 0 Å². The Labute approximate surface area is 69.8 Å². The second-order valence-corrected chi connectivity index (χ2v) is 3.64. The maximum absolute atomic E-state index is 3.44. The van der Waals surface area contributed by atoms with E-state index in [0.29, 0.717) is 6.04 Å². The van der Waals surface area contributed by atoms with E-state index >= 15 is 0 Å². The average molecular weight is 156 g/mol. The highest BCUT2D eigenvalue weighted by Gasteiger charge is 2.14. The second kappa shape index (κ2) is 4.73. The molecular formula is C9H20N2. The topological polar surface area (TPSA) is 24.1 Å². The zero-order chi connectivity index (χ0) is 8.10. The normalized spacial score (nSPS) is 28.4. The Morgan fingerprint density at radius 2 is 2.45 bits per heavy atom. The maximum atomic E-state index is 3.44. The van der Waals surface area contributed by atoms with E-state index in [1.165, 1.54) is 32.4 Å². The largest absolute Gasteiger partial charge is 0.317 e. The van der Waals surface area contributed by atoms with Gasteiger partial charge in [0.25, 0.3) is 0 Å². The van der Waals surface area contributed by atoms with Crippen LogP contribution in [0.25, 0.3) is 0 Å². The van der Waals surface area contributed by atoms with Gasteiger partial charge in [-0.15, -0.1) is 0 Å². The summed E-state index contributed by atoms with van der Waals surface area (Å²) < 4.78 is 0. The van der Waals surface area contributed by atoms with Gasteiger partial charge in [0.2, 0.25) is 0 Å². The van der Waals surface area contributed by atoms with Gasteiger partial charge in [0.1, 0.15) is 0 Å². The van der Waals surface area contributed by atoms with Crippen molar-refractivity contribution in [1.82, 2.24) is 10.6 Å². The van der Waals surface area contributed by atoms with Gasteiger partial charge in [-0.2, -0.15) is 0 Å². The SMILES string of the molecule is CNC(C)CC1CCCNC1. The summed E-state index contributed by atoms with van der Waals surface area (Å²) in [5.74, 6) is 0.909. The first kappa shape index (κ1) is 9.01. The fraction of sp³-hybridized carbons (Fsp3) is 1.00. The summed E-state index contributed by atoms with van der Waals surface area (Å²) in [7, 11) is 2.04. The highest BCUT2D eigenvalue weighted by molar-refractivity contribution is 4.72. The third-order valence-electron chi connectivity index (χ3n) is 2.58. The van der Waals surface area contributed by atoms with E-state index in [2.05, 4.69) is 17.6 Å². The Balaban J connectivity index is 2.13. The predicted octanol–water partition coefficient (Wildman–Crippen LogP) is 0.984. The van der Waals surface area contributed by atoms with Crippen molar-refractivity contribution < 1.29 is 0 Å². The Morgan fingerprint density at radius 3 is 3.00 bits per heavy atom. The Bertz CT molecular complexity index is 97.7. The molecule has 1 heterocycles. The van der Waals surface area contributed by atoms with Crippen LogP contribution in [0.15, 0.2) is 0 Å². The van der Waals surface area contributed by atoms with Gasteiger partial charge in [0.15, 0.2) is 0 Å². The number of hydrogen-bond acceptors (Lipinski definition) is 2. The maximum Gasteiger partial charge on any atom is 0.00388 e. The molecule has 0 aromatic rings. The zero-order valence-corrected chi connectivity index (χ0v) is 7.69. The van der Waals surface area contributed by atoms with Gasteiger partial charge < -0.3 is 10.6 Å². The van der Waals surface area contributed by atoms with Crippen LogP contribution in [0.4, 0.5) is 0 Å². The monoisotopic (exact) mass is 156 g/mol. The minimum Gasteiger partial charge on any atom is -0.317 e. The lowest BCUT2D eigenvalue weighted by Gasteiger charge is -2.25. The van der Waals surface area contributed by atoms with Crippen molar-refractivity contribution in [1.29, 1.82) is 0 Å². The summed E-state index contributed by atoms with van der Waals surface area (Å²) in [6, 6.07) is 0.680. The average Bonchev–Trinajstić information content (AvgIpc) is 2.06. The van der Waals surface area contributed by atoms with Gasteiger partial charge in [0, 0.05) is 6.04 Å². The minimum atomic E-state index is 0.680. The quantitative estimate of drug-likeness (QED) is 0.636. The molecule has 1 fully saturated rings. The van der Waals surface area contributed by atoms with Gasteiger partial charge in [0.05, 0.1) is 0 Å². The van der Waals surface area contributed by atoms with Crippen LogP contribution in [0, 0.1) is 5.92 Å². The van der Waals surface area contributed by atoms with E-state index in [1.807, 2.05) is 7.05 Å². The Morgan fingerprint density at radius 1 is 1.64 bits per heavy atom. The van der Waals surface area contributed by atoms with Crippen LogP contribution in [0.3, 0.4) is 0 Å². The summed E-state index contributed by atoms with van der Waals surface area (Å²) >= 11 is 0. The molecule has 1 rings (SSSR count). The van der Waals surface area contributed by atoms with Crippen molar-refractivity contribution in [2.75, 3.05) is 20.1 Å². The molecule has 0 aromatic carbocycles. The highest BCUT2D eigenvalue weighted by atomic mass is 14.9. The molecule has 0 spiro atoms. The predicted molar refractivity (Wildman–Crippen MR) is 48.7 cm³/mol. The Kier molecular flexibility index (Phi) is 3.87. The second-order valence-electron chi connectivity index (χ2n) is 3.64. The first-order valence-corrected chi connectivity index (χ1v) is 4.71. The molecule has 66 valence electrons. The molecule has 1 aliphatic rings. The van der Waals surface area contributed by atoms with Crippen LogP contribution in [0.5, 0.6) is 0 Å². The smallest absolute Gasteiger partial charge is 0.00388 e. The van der Waals surface area contributed by atoms with Crippen molar-refractivity contribution in [2.45, 2.75) is 32.2 Å². The molecule has 1 aliphatic heterocycles. The van der Waals surface area contributed by atoms with E-state index in [4.69, 9.17) is 0 Å². The van der Waals surface area contributed by atoms with Crippen LogP contribution < -0.4 is 10.6 Å². The summed E-state index contributed by atoms with van der Waals surface area (Å²) in [5.41, 5.74) is 0. The molecule has 0 amide bonds. The highest BCUT2D eigenvalue weighted by Crippen LogP contribution is 2.15. The molecule has 0 radical (unpaired) electrons. The molecule has 0 aliphatic carbocycles. The fourth-order valence-electron chi connectivity index (χ4n) is 1.74. The van der Waals surface area contributed by atoms with Crippen molar-refractivity contribution in [3.05, 3.63) is 0 Å². The summed E-state index contributed by atoms with van der Waals surface area (Å²) in [6.07, 6.45) is 4.10. The molecule has 2 N–H and O–H groups in total. The molecule has 11 heavy (non-hydrogen) atoms. The molecule has 0 bridgehead atoms. The molecule has 2 nitrogen and oxygen atoms in total. The molecular weight excluding hydrogens is 136 g/mol. The minimum absolute atomic E-state index is 0.680. The van der Waals surface area contributed by atoms with Crippen LogP contribution in [-0.4, -0.2) is 26.2 Å². The lowest BCUT2D eigenvalue weighted by atomic mass is 9.93. The van der Waals surface area contributed by atoms with Crippen molar-refractivity contribution in [3.8, 4) is 0 Å². The molecule has 1 saturated heterocycles. The third kappa shape index (κ3) is 3.21. The molecule has 2 heteroatoms. The zero-order valence-electron chi connectivity index (χ0n) is 7.69. The van der Waals surface area contributed by atoms with Gasteiger partial charge >= 0.3 is 0 Å². The van der Waals surface area contributed by atoms with Crippen LogP contribution in [0.2, 0.25) is 0 Å². The van der Waals surface area contributed by atoms with E-state index in [0.717, 1.165) is 5.92 Å². The van der Waals surface area contributed by atoms with Crippen molar-refractivity contribution in [3.63, 3.8) is 0 Å². The molecule has 0 aromatic heterocycles. The summed E-state index contributed by atoms with van der Waals surface area (Å²) in [6.45, 7) is 4.71. The van der Waals surface area contributed by atoms with E-state index < -0.39 is 0 Å². The first-order valence-electron chi connectivity index (χ1n) is 4.71. The van der Waals surface area contributed by atoms with E-state index in [1.54, 1.807) is 0 Å². The van der Waals surface area contributed by atoms with Crippen molar-refractivity contribution >= 4 is 0 Å².